The number of hydrogen-bond donors (Lipinski definition) is 3. The van der Waals surface area contributed by atoms with E-state index < -0.39 is 0 Å². The van der Waals surface area contributed by atoms with Crippen LogP contribution < -0.4 is 26.6 Å². The molecule has 0 aliphatic carbocycles. The van der Waals surface area contributed by atoms with Crippen molar-refractivity contribution in [2.45, 2.75) is 12.8 Å². The number of ether oxygens (including phenoxy) is 1. The third kappa shape index (κ3) is 3.33. The summed E-state index contributed by atoms with van der Waals surface area (Å²) in [5.74, 6) is 1.24. The summed E-state index contributed by atoms with van der Waals surface area (Å²) in [6, 6.07) is 8.21. The minimum atomic E-state index is 0.335. The van der Waals surface area contributed by atoms with Gasteiger partial charge < -0.3 is 21.1 Å². The van der Waals surface area contributed by atoms with Gasteiger partial charge in [0.05, 0.1) is 12.8 Å². The molecule has 2 aliphatic rings. The zero-order valence-electron chi connectivity index (χ0n) is 16.2. The fraction of sp³-hybridized carbons (Fsp3) is 0.333. The number of fused-ring (bicyclic) bond motifs is 2. The number of piperidine rings is 1. The highest BCUT2D eigenvalue weighted by Crippen LogP contribution is 2.30. The van der Waals surface area contributed by atoms with E-state index in [1.54, 1.807) is 10.7 Å². The van der Waals surface area contributed by atoms with E-state index in [2.05, 4.69) is 33.9 Å². The van der Waals surface area contributed by atoms with Gasteiger partial charge in [0.15, 0.2) is 5.65 Å². The Morgan fingerprint density at radius 1 is 1.24 bits per heavy atom. The number of rotatable bonds is 4. The first-order valence-electron chi connectivity index (χ1n) is 10.0. The molecule has 7 nitrogen and oxygen atoms in total. The van der Waals surface area contributed by atoms with Gasteiger partial charge in [-0.2, -0.15) is 14.6 Å². The topological polar surface area (TPSA) is 89.5 Å². The van der Waals surface area contributed by atoms with Gasteiger partial charge in [0, 0.05) is 23.3 Å². The van der Waals surface area contributed by atoms with Crippen LogP contribution in [-0.2, 0) is 0 Å². The molecule has 4 heterocycles. The number of benzene rings is 1. The molecule has 0 spiro atoms. The highest BCUT2D eigenvalue weighted by molar-refractivity contribution is 6.37. The van der Waals surface area contributed by atoms with E-state index >= 15 is 0 Å². The highest BCUT2D eigenvalue weighted by atomic mass is 16.5. The van der Waals surface area contributed by atoms with Crippen LogP contribution in [0.3, 0.4) is 0 Å². The van der Waals surface area contributed by atoms with Crippen LogP contribution in [-0.4, -0.2) is 48.7 Å². The molecule has 0 bridgehead atoms. The molecular weight excluding hydrogens is 363 g/mol. The quantitative estimate of drug-likeness (QED) is 0.589. The summed E-state index contributed by atoms with van der Waals surface area (Å²) in [4.78, 5) is 4.70. The maximum absolute atomic E-state index is 6.26. The second kappa shape index (κ2) is 7.44. The van der Waals surface area contributed by atoms with Crippen molar-refractivity contribution in [1.29, 1.82) is 0 Å². The maximum atomic E-state index is 6.26. The van der Waals surface area contributed by atoms with Crippen molar-refractivity contribution in [2.75, 3.05) is 37.3 Å². The number of nitrogens with zero attached hydrogens (tertiary/aromatic N) is 3. The third-order valence-electron chi connectivity index (χ3n) is 5.71. The average Bonchev–Trinajstić information content (AvgIpc) is 3.19. The van der Waals surface area contributed by atoms with E-state index in [-0.39, 0.29) is 0 Å². The highest BCUT2D eigenvalue weighted by Gasteiger charge is 2.20. The molecular formula is C21H23BN6O. The SMILES string of the molecule is [B]c1c(OCC2CCNCC2)nc2c(C3=Cc4ccccc4NC3)cnn2c1N. The standard InChI is InChI=1S/C21H23BN6O/c22-18-19(23)28-20(27-21(18)29-12-13-5-7-24-8-6-13)16(11-26-28)15-9-14-3-1-2-4-17(14)25-10-15/h1-4,9,11,13,24-25H,5-8,10,12,23H2. The van der Waals surface area contributed by atoms with E-state index in [9.17, 15) is 0 Å². The Hall–Kier alpha value is -3.00. The van der Waals surface area contributed by atoms with Crippen LogP contribution in [0.1, 0.15) is 24.0 Å². The number of anilines is 2. The van der Waals surface area contributed by atoms with Crippen LogP contribution in [0.15, 0.2) is 30.5 Å². The van der Waals surface area contributed by atoms with E-state index in [0.29, 0.717) is 41.9 Å². The summed E-state index contributed by atoms with van der Waals surface area (Å²) < 4.78 is 7.60. The molecule has 2 radical (unpaired) electrons. The molecule has 2 aliphatic heterocycles. The van der Waals surface area contributed by atoms with Gasteiger partial charge in [-0.15, -0.1) is 0 Å². The van der Waals surface area contributed by atoms with Crippen molar-refractivity contribution in [2.24, 2.45) is 5.92 Å². The van der Waals surface area contributed by atoms with Crippen LogP contribution in [0, 0.1) is 5.92 Å². The number of nitrogens with two attached hydrogens (primary N) is 1. The van der Waals surface area contributed by atoms with E-state index in [0.717, 1.165) is 48.3 Å². The third-order valence-corrected chi connectivity index (χ3v) is 5.71. The molecule has 0 saturated carbocycles. The Morgan fingerprint density at radius 3 is 2.93 bits per heavy atom. The molecule has 0 amide bonds. The second-order valence-corrected chi connectivity index (χ2v) is 7.62. The van der Waals surface area contributed by atoms with Crippen molar-refractivity contribution < 1.29 is 4.74 Å². The molecule has 5 rings (SSSR count). The molecule has 1 aromatic carbocycles. The molecule has 2 aromatic heterocycles. The fourth-order valence-electron chi connectivity index (χ4n) is 3.97. The van der Waals surface area contributed by atoms with Crippen LogP contribution in [0.25, 0.3) is 17.3 Å². The lowest BCUT2D eigenvalue weighted by Gasteiger charge is -2.23. The van der Waals surface area contributed by atoms with Crippen LogP contribution in [0.4, 0.5) is 11.5 Å². The first-order valence-corrected chi connectivity index (χ1v) is 10.0. The van der Waals surface area contributed by atoms with Crippen molar-refractivity contribution in [3.63, 3.8) is 0 Å². The number of nitrogens with one attached hydrogen (secondary N) is 2. The fourth-order valence-corrected chi connectivity index (χ4v) is 3.97. The van der Waals surface area contributed by atoms with Crippen LogP contribution >= 0.6 is 0 Å². The summed E-state index contributed by atoms with van der Waals surface area (Å²) in [5.41, 5.74) is 11.5. The number of nitrogen functional groups attached to an aromatic ring is 1. The van der Waals surface area contributed by atoms with E-state index in [1.807, 2.05) is 12.1 Å². The van der Waals surface area contributed by atoms with Crippen molar-refractivity contribution >= 4 is 42.1 Å². The normalized spacial score (nSPS) is 16.9. The molecule has 4 N–H and O–H groups in total. The van der Waals surface area contributed by atoms with Gasteiger partial charge in [-0.3, -0.25) is 0 Å². The first-order chi connectivity index (χ1) is 14.2. The molecule has 1 saturated heterocycles. The van der Waals surface area contributed by atoms with Gasteiger partial charge in [0.25, 0.3) is 0 Å². The minimum Gasteiger partial charge on any atom is -0.478 e. The van der Waals surface area contributed by atoms with Crippen LogP contribution in [0.5, 0.6) is 5.88 Å². The van der Waals surface area contributed by atoms with Gasteiger partial charge >= 0.3 is 0 Å². The first kappa shape index (κ1) is 18.1. The average molecular weight is 386 g/mol. The number of aromatic nitrogens is 3. The smallest absolute Gasteiger partial charge is 0.211 e. The Labute approximate surface area is 170 Å². The lowest BCUT2D eigenvalue weighted by atomic mass is 9.97. The molecule has 0 atom stereocenters. The second-order valence-electron chi connectivity index (χ2n) is 7.62. The number of para-hydroxylation sites is 1. The Morgan fingerprint density at radius 2 is 2.07 bits per heavy atom. The predicted molar refractivity (Wildman–Crippen MR) is 117 cm³/mol. The van der Waals surface area contributed by atoms with Crippen LogP contribution in [0.2, 0.25) is 0 Å². The summed E-state index contributed by atoms with van der Waals surface area (Å²) in [6.45, 7) is 3.33. The lowest BCUT2D eigenvalue weighted by Crippen LogP contribution is -2.31. The molecule has 3 aromatic rings. The van der Waals surface area contributed by atoms with Gasteiger partial charge in [0.2, 0.25) is 5.88 Å². The number of hydrogen-bond acceptors (Lipinski definition) is 6. The van der Waals surface area contributed by atoms with Gasteiger partial charge in [-0.05, 0) is 55.1 Å². The zero-order valence-corrected chi connectivity index (χ0v) is 16.2. The predicted octanol–water partition coefficient (Wildman–Crippen LogP) is 1.45. The monoisotopic (exact) mass is 386 g/mol. The Balaban J connectivity index is 1.49. The molecule has 1 fully saturated rings. The Bertz CT molecular complexity index is 1090. The van der Waals surface area contributed by atoms with E-state index in [1.165, 1.54) is 0 Å². The molecule has 8 heteroatoms. The van der Waals surface area contributed by atoms with Gasteiger partial charge in [-0.1, -0.05) is 18.2 Å². The van der Waals surface area contributed by atoms with Gasteiger partial charge in [0.1, 0.15) is 13.7 Å². The molecule has 146 valence electrons. The molecule has 0 unspecified atom stereocenters. The largest absolute Gasteiger partial charge is 0.478 e. The summed E-state index contributed by atoms with van der Waals surface area (Å²) in [7, 11) is 6.20. The minimum absolute atomic E-state index is 0.335. The van der Waals surface area contributed by atoms with Crippen molar-refractivity contribution in [3.05, 3.63) is 41.6 Å². The summed E-state index contributed by atoms with van der Waals surface area (Å²) in [6.07, 6.45) is 6.13. The van der Waals surface area contributed by atoms with Crippen molar-refractivity contribution in [3.8, 4) is 5.88 Å². The lowest BCUT2D eigenvalue weighted by molar-refractivity contribution is 0.210. The maximum Gasteiger partial charge on any atom is 0.211 e. The zero-order chi connectivity index (χ0) is 19.8. The summed E-state index contributed by atoms with van der Waals surface area (Å²) >= 11 is 0. The summed E-state index contributed by atoms with van der Waals surface area (Å²) in [5, 5.41) is 11.2. The van der Waals surface area contributed by atoms with Gasteiger partial charge in [-0.25, -0.2) is 0 Å². The van der Waals surface area contributed by atoms with Crippen molar-refractivity contribution in [1.82, 2.24) is 19.9 Å². The molecule has 29 heavy (non-hydrogen) atoms. The van der Waals surface area contributed by atoms with E-state index in [4.69, 9.17) is 23.3 Å². The Kier molecular flexibility index (Phi) is 4.63.